The summed E-state index contributed by atoms with van der Waals surface area (Å²) >= 11 is 0. The second-order valence-corrected chi connectivity index (χ2v) is 6.16. The number of nitrogens with one attached hydrogen (secondary N) is 1. The highest BCUT2D eigenvalue weighted by Gasteiger charge is 2.42. The van der Waals surface area contributed by atoms with Crippen molar-refractivity contribution in [2.75, 3.05) is 0 Å². The van der Waals surface area contributed by atoms with E-state index in [0.29, 0.717) is 0 Å². The van der Waals surface area contributed by atoms with Gasteiger partial charge in [0.2, 0.25) is 0 Å². The molecule has 2 rings (SSSR count). The Balaban J connectivity index is 2.17. The van der Waals surface area contributed by atoms with Crippen molar-refractivity contribution >= 4 is 29.7 Å². The molecule has 0 spiro atoms. The number of imide groups is 2. The van der Waals surface area contributed by atoms with Crippen LogP contribution in [0.15, 0.2) is 24.3 Å². The Morgan fingerprint density at radius 1 is 1.04 bits per heavy atom. The summed E-state index contributed by atoms with van der Waals surface area (Å²) < 4.78 is 5.14. The van der Waals surface area contributed by atoms with E-state index in [-0.39, 0.29) is 11.1 Å². The van der Waals surface area contributed by atoms with Crippen molar-refractivity contribution in [3.05, 3.63) is 35.4 Å². The topological polar surface area (TPSA) is 136 Å². The summed E-state index contributed by atoms with van der Waals surface area (Å²) in [7, 11) is 0. The van der Waals surface area contributed by atoms with Crippen LogP contribution in [-0.2, 0) is 14.3 Å². The first kappa shape index (κ1) is 19.1. The number of hydrogen-bond donors (Lipinski definition) is 2. The van der Waals surface area contributed by atoms with E-state index < -0.39 is 47.8 Å². The number of rotatable bonds is 5. The fourth-order valence-corrected chi connectivity index (χ4v) is 2.57. The number of nitrogens with two attached hydrogens (primary N) is 1. The van der Waals surface area contributed by atoms with Gasteiger partial charge in [-0.05, 0) is 25.0 Å². The van der Waals surface area contributed by atoms with Gasteiger partial charge in [-0.2, -0.15) is 0 Å². The molecule has 0 bridgehead atoms. The van der Waals surface area contributed by atoms with E-state index in [1.54, 1.807) is 26.0 Å². The summed E-state index contributed by atoms with van der Waals surface area (Å²) in [5, 5.41) is 1.84. The lowest BCUT2D eigenvalue weighted by atomic mass is 10.1. The highest BCUT2D eigenvalue weighted by Crippen LogP contribution is 2.25. The molecule has 0 saturated heterocycles. The normalized spacial score (nSPS) is 15.5. The molecule has 0 unspecified atom stereocenters. The lowest BCUT2D eigenvalue weighted by molar-refractivity contribution is -0.161. The first-order chi connectivity index (χ1) is 12.1. The second-order valence-electron chi connectivity index (χ2n) is 6.16. The van der Waals surface area contributed by atoms with Gasteiger partial charge in [0.05, 0.1) is 11.1 Å². The molecular formula is C17H19N3O6. The number of ether oxygens (including phenoxy) is 1. The number of primary amides is 1. The monoisotopic (exact) mass is 361 g/mol. The number of fused-ring (bicyclic) bond motifs is 1. The fraction of sp³-hybridized carbons (Fsp3) is 0.353. The van der Waals surface area contributed by atoms with Crippen LogP contribution in [0.2, 0.25) is 0 Å². The van der Waals surface area contributed by atoms with Gasteiger partial charge in [-0.25, -0.2) is 9.59 Å². The third-order valence-corrected chi connectivity index (χ3v) is 3.91. The molecule has 0 aromatic heterocycles. The Morgan fingerprint density at radius 2 is 1.54 bits per heavy atom. The molecule has 0 aliphatic carbocycles. The fourth-order valence-electron chi connectivity index (χ4n) is 2.57. The summed E-state index contributed by atoms with van der Waals surface area (Å²) in [6, 6.07) is 3.88. The van der Waals surface area contributed by atoms with Gasteiger partial charge in [0.1, 0.15) is 6.04 Å². The molecule has 3 N–H and O–H groups in total. The highest BCUT2D eigenvalue weighted by atomic mass is 16.6. The van der Waals surface area contributed by atoms with Gasteiger partial charge in [-0.1, -0.05) is 26.0 Å². The molecule has 9 nitrogen and oxygen atoms in total. The first-order valence-corrected chi connectivity index (χ1v) is 7.92. The number of carbonyl (C=O) groups is 5. The average molecular weight is 361 g/mol. The largest absolute Gasteiger partial charge is 0.450 e. The summed E-state index contributed by atoms with van der Waals surface area (Å²) in [6.45, 7) is 4.53. The van der Waals surface area contributed by atoms with Gasteiger partial charge in [-0.15, -0.1) is 0 Å². The Kier molecular flexibility index (Phi) is 5.39. The molecular weight excluding hydrogens is 342 g/mol. The minimum atomic E-state index is -1.30. The Hall–Kier alpha value is -3.23. The molecule has 5 amide bonds. The van der Waals surface area contributed by atoms with Crippen molar-refractivity contribution in [3.63, 3.8) is 0 Å². The van der Waals surface area contributed by atoms with Crippen LogP contribution >= 0.6 is 0 Å². The van der Waals surface area contributed by atoms with Gasteiger partial charge in [0, 0.05) is 0 Å². The van der Waals surface area contributed by atoms with Crippen LogP contribution in [0.4, 0.5) is 4.79 Å². The number of esters is 1. The van der Waals surface area contributed by atoms with Gasteiger partial charge >= 0.3 is 12.0 Å². The van der Waals surface area contributed by atoms with E-state index in [4.69, 9.17) is 10.5 Å². The molecule has 0 radical (unpaired) electrons. The molecule has 0 fully saturated rings. The van der Waals surface area contributed by atoms with Crippen LogP contribution < -0.4 is 11.1 Å². The van der Waals surface area contributed by atoms with Gasteiger partial charge in [0.25, 0.3) is 17.7 Å². The molecule has 1 aliphatic rings. The van der Waals surface area contributed by atoms with E-state index >= 15 is 0 Å². The summed E-state index contributed by atoms with van der Waals surface area (Å²) in [6.07, 6.45) is -1.30. The zero-order chi connectivity index (χ0) is 19.6. The second kappa shape index (κ2) is 7.34. The van der Waals surface area contributed by atoms with Gasteiger partial charge in [0.15, 0.2) is 6.10 Å². The van der Waals surface area contributed by atoms with Crippen LogP contribution in [0.5, 0.6) is 0 Å². The minimum Gasteiger partial charge on any atom is -0.450 e. The number of benzene rings is 1. The molecule has 1 aliphatic heterocycles. The van der Waals surface area contributed by atoms with Crippen molar-refractivity contribution in [2.24, 2.45) is 11.7 Å². The molecule has 9 heteroatoms. The molecule has 1 aromatic carbocycles. The number of amides is 5. The minimum absolute atomic E-state index is 0.198. The molecule has 138 valence electrons. The van der Waals surface area contributed by atoms with E-state index in [2.05, 4.69) is 0 Å². The third-order valence-electron chi connectivity index (χ3n) is 3.91. The first-order valence-electron chi connectivity index (χ1n) is 7.92. The van der Waals surface area contributed by atoms with Crippen molar-refractivity contribution in [1.82, 2.24) is 10.2 Å². The van der Waals surface area contributed by atoms with Crippen LogP contribution in [0.25, 0.3) is 0 Å². The van der Waals surface area contributed by atoms with Crippen LogP contribution in [0.1, 0.15) is 41.5 Å². The number of carbonyl (C=O) groups excluding carboxylic acids is 5. The molecule has 1 heterocycles. The zero-order valence-electron chi connectivity index (χ0n) is 14.5. The average Bonchev–Trinajstić information content (AvgIpc) is 2.82. The smallest absolute Gasteiger partial charge is 0.329 e. The molecule has 26 heavy (non-hydrogen) atoms. The third kappa shape index (κ3) is 3.56. The maximum Gasteiger partial charge on any atom is 0.329 e. The molecule has 1 aromatic rings. The van der Waals surface area contributed by atoms with E-state index in [1.165, 1.54) is 19.1 Å². The maximum absolute atomic E-state index is 12.4. The Labute approximate surface area is 149 Å². The quantitative estimate of drug-likeness (QED) is 0.577. The Bertz CT molecular complexity index is 753. The predicted octanol–water partition coefficient (Wildman–Crippen LogP) is 0.434. The SMILES string of the molecule is CC(C)[C@@H](OC(=O)[C@H](C)N1C(=O)c2ccccc2C1=O)C(=O)NC(N)=O. The van der Waals surface area contributed by atoms with Gasteiger partial charge < -0.3 is 10.5 Å². The number of hydrogen-bond acceptors (Lipinski definition) is 6. The predicted molar refractivity (Wildman–Crippen MR) is 88.8 cm³/mol. The van der Waals surface area contributed by atoms with E-state index in [1.807, 2.05) is 5.32 Å². The standard InChI is InChI=1S/C17H19N3O6/c1-8(2)12(13(21)19-17(18)25)26-16(24)9(3)20-14(22)10-6-4-5-7-11(10)15(20)23/h4-9,12H,1-3H3,(H3,18,19,21,25)/t9-,12+/m0/s1. The molecule has 0 saturated carbocycles. The maximum atomic E-state index is 12.4. The zero-order valence-corrected chi connectivity index (χ0v) is 14.5. The van der Waals surface area contributed by atoms with Crippen LogP contribution in [-0.4, -0.2) is 46.8 Å². The van der Waals surface area contributed by atoms with Crippen molar-refractivity contribution in [1.29, 1.82) is 0 Å². The summed E-state index contributed by atoms with van der Waals surface area (Å²) in [5.74, 6) is -3.52. The number of nitrogens with zero attached hydrogens (tertiary/aromatic N) is 1. The van der Waals surface area contributed by atoms with Crippen molar-refractivity contribution < 1.29 is 28.7 Å². The lowest BCUT2D eigenvalue weighted by Crippen LogP contribution is -2.49. The highest BCUT2D eigenvalue weighted by molar-refractivity contribution is 6.22. The van der Waals surface area contributed by atoms with Crippen molar-refractivity contribution in [2.45, 2.75) is 32.9 Å². The van der Waals surface area contributed by atoms with Gasteiger partial charge in [-0.3, -0.25) is 24.6 Å². The lowest BCUT2D eigenvalue weighted by Gasteiger charge is -2.25. The molecule has 2 atom stereocenters. The van der Waals surface area contributed by atoms with Crippen LogP contribution in [0.3, 0.4) is 0 Å². The number of urea groups is 1. The van der Waals surface area contributed by atoms with Crippen molar-refractivity contribution in [3.8, 4) is 0 Å². The van der Waals surface area contributed by atoms with Crippen LogP contribution in [0, 0.1) is 5.92 Å². The van der Waals surface area contributed by atoms with E-state index in [9.17, 15) is 24.0 Å². The Morgan fingerprint density at radius 3 is 1.96 bits per heavy atom. The summed E-state index contributed by atoms with van der Waals surface area (Å²) in [4.78, 5) is 60.8. The summed E-state index contributed by atoms with van der Waals surface area (Å²) in [5.41, 5.74) is 5.29. The van der Waals surface area contributed by atoms with E-state index in [0.717, 1.165) is 4.90 Å².